The summed E-state index contributed by atoms with van der Waals surface area (Å²) in [6, 6.07) is 0. The summed E-state index contributed by atoms with van der Waals surface area (Å²) in [4.78, 5) is 10.9. The first-order valence-electron chi connectivity index (χ1n) is 11.7. The van der Waals surface area contributed by atoms with Crippen molar-refractivity contribution >= 4 is 5.97 Å². The van der Waals surface area contributed by atoms with Crippen LogP contribution in [-0.2, 0) is 52.2 Å². The predicted octanol–water partition coefficient (Wildman–Crippen LogP) is 0.885. The maximum atomic E-state index is 10.9. The minimum atomic E-state index is -0.283. The van der Waals surface area contributed by atoms with E-state index in [0.717, 1.165) is 0 Å². The number of carbonyl (C=O) groups is 1. The average Bonchev–Trinajstić information content (AvgIpc) is 2.85. The molecular weight excluding hydrogens is 452 g/mol. The number of methoxy groups -OCH3 is 1. The van der Waals surface area contributed by atoms with Gasteiger partial charge in [0.2, 0.25) is 0 Å². The standard InChI is InChI=1S/C23H44O11/c1-3-5-26-7-9-28-11-13-30-15-17-32-19-21-34-22-20-33-18-16-31-14-12-29-10-8-27-6-4-23(24)25-2/h3H,1,4-22H2,2H3. The van der Waals surface area contributed by atoms with Gasteiger partial charge in [-0.25, -0.2) is 0 Å². The minimum Gasteiger partial charge on any atom is -0.469 e. The first-order chi connectivity index (χ1) is 16.8. The van der Waals surface area contributed by atoms with Crippen LogP contribution in [0.1, 0.15) is 6.42 Å². The molecule has 0 aliphatic carbocycles. The van der Waals surface area contributed by atoms with E-state index in [1.165, 1.54) is 7.11 Å². The Morgan fingerprint density at radius 1 is 0.500 bits per heavy atom. The van der Waals surface area contributed by atoms with E-state index in [4.69, 9.17) is 42.6 Å². The number of hydrogen-bond acceptors (Lipinski definition) is 11. The van der Waals surface area contributed by atoms with E-state index in [0.29, 0.717) is 119 Å². The van der Waals surface area contributed by atoms with Crippen LogP contribution in [0.25, 0.3) is 0 Å². The zero-order valence-corrected chi connectivity index (χ0v) is 20.7. The molecule has 0 N–H and O–H groups in total. The van der Waals surface area contributed by atoms with Gasteiger partial charge in [0.25, 0.3) is 0 Å². The topological polar surface area (TPSA) is 109 Å². The summed E-state index contributed by atoms with van der Waals surface area (Å²) in [5, 5.41) is 0. The third-order valence-corrected chi connectivity index (χ3v) is 3.89. The van der Waals surface area contributed by atoms with Crippen molar-refractivity contribution in [2.45, 2.75) is 6.42 Å². The predicted molar refractivity (Wildman–Crippen MR) is 124 cm³/mol. The van der Waals surface area contributed by atoms with Gasteiger partial charge in [-0.2, -0.15) is 0 Å². The molecule has 0 bridgehead atoms. The van der Waals surface area contributed by atoms with Crippen LogP contribution < -0.4 is 0 Å². The van der Waals surface area contributed by atoms with Gasteiger partial charge in [0.05, 0.1) is 132 Å². The summed E-state index contributed by atoms with van der Waals surface area (Å²) in [7, 11) is 1.35. The van der Waals surface area contributed by atoms with Crippen molar-refractivity contribution in [1.82, 2.24) is 0 Å². The zero-order valence-electron chi connectivity index (χ0n) is 20.7. The molecule has 202 valence electrons. The highest BCUT2D eigenvalue weighted by Crippen LogP contribution is 1.88. The van der Waals surface area contributed by atoms with Crippen LogP contribution in [0.2, 0.25) is 0 Å². The SMILES string of the molecule is C=CCOCCOCCOCCOCCOCCOCCOCCOCCOCCC(=O)OC. The third kappa shape index (κ3) is 28.9. The molecule has 0 fully saturated rings. The lowest BCUT2D eigenvalue weighted by Gasteiger charge is -2.08. The van der Waals surface area contributed by atoms with Gasteiger partial charge in [-0.15, -0.1) is 6.58 Å². The molecule has 0 aromatic carbocycles. The Kier molecular flexibility index (Phi) is 28.9. The second kappa shape index (κ2) is 29.9. The van der Waals surface area contributed by atoms with Crippen molar-refractivity contribution < 1.29 is 52.2 Å². The molecule has 0 amide bonds. The normalized spacial score (nSPS) is 11.1. The van der Waals surface area contributed by atoms with Gasteiger partial charge in [0.15, 0.2) is 0 Å². The Balaban J connectivity index is 3.03. The average molecular weight is 497 g/mol. The molecule has 0 spiro atoms. The minimum absolute atomic E-state index is 0.249. The molecule has 0 unspecified atom stereocenters. The number of ether oxygens (including phenoxy) is 10. The largest absolute Gasteiger partial charge is 0.469 e. The van der Waals surface area contributed by atoms with E-state index in [9.17, 15) is 4.79 Å². The van der Waals surface area contributed by atoms with Gasteiger partial charge in [0, 0.05) is 0 Å². The Labute approximate surface area is 203 Å². The fraction of sp³-hybridized carbons (Fsp3) is 0.870. The maximum Gasteiger partial charge on any atom is 0.307 e. The van der Waals surface area contributed by atoms with Crippen LogP contribution in [0.4, 0.5) is 0 Å². The van der Waals surface area contributed by atoms with Crippen LogP contribution >= 0.6 is 0 Å². The zero-order chi connectivity index (χ0) is 24.8. The molecule has 0 atom stereocenters. The summed E-state index contributed by atoms with van der Waals surface area (Å²) in [5.41, 5.74) is 0. The van der Waals surface area contributed by atoms with Gasteiger partial charge in [-0.1, -0.05) is 6.08 Å². The van der Waals surface area contributed by atoms with Crippen LogP contribution in [0.3, 0.4) is 0 Å². The van der Waals surface area contributed by atoms with Crippen LogP contribution in [-0.4, -0.2) is 132 Å². The van der Waals surface area contributed by atoms with Crippen molar-refractivity contribution in [2.75, 3.05) is 126 Å². The molecule has 0 heterocycles. The lowest BCUT2D eigenvalue weighted by molar-refractivity contribution is -0.141. The van der Waals surface area contributed by atoms with E-state index in [1.807, 2.05) is 0 Å². The molecular formula is C23H44O11. The highest BCUT2D eigenvalue weighted by Gasteiger charge is 1.99. The summed E-state index contributed by atoms with van der Waals surface area (Å²) < 4.78 is 52.7. The summed E-state index contributed by atoms with van der Waals surface area (Å²) in [6.07, 6.45) is 1.96. The number of rotatable bonds is 29. The molecule has 0 rings (SSSR count). The highest BCUT2D eigenvalue weighted by atomic mass is 16.6. The molecule has 0 aromatic rings. The van der Waals surface area contributed by atoms with Gasteiger partial charge in [-0.05, 0) is 0 Å². The first-order valence-corrected chi connectivity index (χ1v) is 11.7. The molecule has 0 aliphatic rings. The quantitative estimate of drug-likeness (QED) is 0.0836. The second-order valence-corrected chi connectivity index (χ2v) is 6.59. The molecule has 11 nitrogen and oxygen atoms in total. The third-order valence-electron chi connectivity index (χ3n) is 3.89. The summed E-state index contributed by atoms with van der Waals surface area (Å²) in [5.74, 6) is -0.283. The van der Waals surface area contributed by atoms with Crippen LogP contribution in [0, 0.1) is 0 Å². The lowest BCUT2D eigenvalue weighted by atomic mass is 10.5. The monoisotopic (exact) mass is 496 g/mol. The Bertz CT molecular complexity index is 424. The van der Waals surface area contributed by atoms with E-state index < -0.39 is 0 Å². The lowest BCUT2D eigenvalue weighted by Crippen LogP contribution is -2.15. The van der Waals surface area contributed by atoms with Crippen molar-refractivity contribution in [3.8, 4) is 0 Å². The number of carbonyl (C=O) groups excluding carboxylic acids is 1. The summed E-state index contributed by atoms with van der Waals surface area (Å²) >= 11 is 0. The Morgan fingerprint density at radius 2 is 0.765 bits per heavy atom. The van der Waals surface area contributed by atoms with E-state index in [1.54, 1.807) is 6.08 Å². The van der Waals surface area contributed by atoms with Gasteiger partial charge in [-0.3, -0.25) is 4.79 Å². The van der Waals surface area contributed by atoms with E-state index in [-0.39, 0.29) is 12.4 Å². The fourth-order valence-corrected chi connectivity index (χ4v) is 2.18. The Morgan fingerprint density at radius 3 is 1.03 bits per heavy atom. The van der Waals surface area contributed by atoms with Gasteiger partial charge in [0.1, 0.15) is 0 Å². The fourth-order valence-electron chi connectivity index (χ4n) is 2.18. The summed E-state index contributed by atoms with van der Waals surface area (Å²) in [6.45, 7) is 12.6. The molecule has 11 heteroatoms. The van der Waals surface area contributed by atoms with E-state index in [2.05, 4.69) is 11.3 Å². The number of hydrogen-bond donors (Lipinski definition) is 0. The second-order valence-electron chi connectivity index (χ2n) is 6.59. The molecule has 0 aliphatic heterocycles. The number of esters is 1. The van der Waals surface area contributed by atoms with Crippen molar-refractivity contribution in [2.24, 2.45) is 0 Å². The van der Waals surface area contributed by atoms with Crippen LogP contribution in [0.15, 0.2) is 12.7 Å². The van der Waals surface area contributed by atoms with E-state index >= 15 is 0 Å². The molecule has 0 aromatic heterocycles. The Hall–Kier alpha value is -1.15. The molecule has 0 saturated carbocycles. The van der Waals surface area contributed by atoms with Gasteiger partial charge >= 0.3 is 5.97 Å². The molecule has 34 heavy (non-hydrogen) atoms. The molecule has 0 saturated heterocycles. The van der Waals surface area contributed by atoms with Crippen molar-refractivity contribution in [3.63, 3.8) is 0 Å². The van der Waals surface area contributed by atoms with Crippen molar-refractivity contribution in [3.05, 3.63) is 12.7 Å². The maximum absolute atomic E-state index is 10.9. The molecule has 0 radical (unpaired) electrons. The van der Waals surface area contributed by atoms with Gasteiger partial charge < -0.3 is 47.4 Å². The van der Waals surface area contributed by atoms with Crippen LogP contribution in [0.5, 0.6) is 0 Å². The smallest absolute Gasteiger partial charge is 0.307 e. The highest BCUT2D eigenvalue weighted by molar-refractivity contribution is 5.69. The van der Waals surface area contributed by atoms with Crippen molar-refractivity contribution in [1.29, 1.82) is 0 Å². The first kappa shape index (κ1) is 32.8.